The molecule has 0 aromatic heterocycles. The van der Waals surface area contributed by atoms with Gasteiger partial charge in [0.25, 0.3) is 5.91 Å². The minimum Gasteiger partial charge on any atom is -0.480 e. The lowest BCUT2D eigenvalue weighted by Gasteiger charge is -2.21. The topological polar surface area (TPSA) is 57.6 Å². The van der Waals surface area contributed by atoms with Crippen molar-refractivity contribution < 1.29 is 14.7 Å². The monoisotopic (exact) mass is 415 g/mol. The molecule has 0 spiro atoms. The van der Waals surface area contributed by atoms with Crippen molar-refractivity contribution in [2.24, 2.45) is 0 Å². The number of hydrogen-bond donors (Lipinski definition) is 1. The lowest BCUT2D eigenvalue weighted by Crippen LogP contribution is -2.35. The highest BCUT2D eigenvalue weighted by Gasteiger charge is 2.20. The van der Waals surface area contributed by atoms with Crippen LogP contribution >= 0.6 is 34.2 Å². The Hall–Kier alpha value is -1.60. The normalized spacial score (nSPS) is 10.2. The van der Waals surface area contributed by atoms with Crippen LogP contribution in [0.2, 0.25) is 5.02 Å². The van der Waals surface area contributed by atoms with E-state index < -0.39 is 12.5 Å². The van der Waals surface area contributed by atoms with Crippen molar-refractivity contribution in [1.82, 2.24) is 0 Å². The summed E-state index contributed by atoms with van der Waals surface area (Å²) in [5.41, 5.74) is 0.886. The molecule has 0 atom stereocenters. The lowest BCUT2D eigenvalue weighted by molar-refractivity contribution is -0.135. The number of rotatable bonds is 4. The van der Waals surface area contributed by atoms with Gasteiger partial charge in [0.15, 0.2) is 0 Å². The fraction of sp³-hybridized carbons (Fsp3) is 0.0667. The summed E-state index contributed by atoms with van der Waals surface area (Å²) in [7, 11) is 0. The van der Waals surface area contributed by atoms with Crippen molar-refractivity contribution in [1.29, 1.82) is 0 Å². The Morgan fingerprint density at radius 2 is 1.86 bits per heavy atom. The second-order valence-electron chi connectivity index (χ2n) is 4.28. The van der Waals surface area contributed by atoms with E-state index >= 15 is 0 Å². The molecule has 0 radical (unpaired) electrons. The van der Waals surface area contributed by atoms with Crippen LogP contribution in [0, 0.1) is 3.57 Å². The van der Waals surface area contributed by atoms with E-state index in [1.807, 2.05) is 6.07 Å². The number of aliphatic carboxylic acids is 1. The second-order valence-corrected chi connectivity index (χ2v) is 5.96. The standard InChI is InChI=1S/C15H11ClINO3/c16-11-4-2-6-13(8-11)18(9-14(19)20)15(21)10-3-1-5-12(17)7-10/h1-8H,9H2,(H,19,20). The minimum absolute atomic E-state index is 0.377. The predicted octanol–water partition coefficient (Wildman–Crippen LogP) is 3.68. The zero-order valence-corrected chi connectivity index (χ0v) is 13.7. The molecule has 0 aliphatic carbocycles. The van der Waals surface area contributed by atoms with Crippen LogP contribution in [0.4, 0.5) is 5.69 Å². The maximum atomic E-state index is 12.6. The van der Waals surface area contributed by atoms with E-state index in [4.69, 9.17) is 16.7 Å². The summed E-state index contributed by atoms with van der Waals surface area (Å²) in [6, 6.07) is 13.5. The molecule has 6 heteroatoms. The molecule has 0 heterocycles. The van der Waals surface area contributed by atoms with Crippen molar-refractivity contribution >= 4 is 51.8 Å². The number of anilines is 1. The molecule has 0 saturated heterocycles. The van der Waals surface area contributed by atoms with Crippen molar-refractivity contribution in [3.63, 3.8) is 0 Å². The van der Waals surface area contributed by atoms with E-state index in [0.29, 0.717) is 16.3 Å². The van der Waals surface area contributed by atoms with Crippen LogP contribution in [0.1, 0.15) is 10.4 Å². The Morgan fingerprint density at radius 3 is 2.48 bits per heavy atom. The second kappa shape index (κ2) is 6.91. The third-order valence-electron chi connectivity index (χ3n) is 2.73. The number of carboxylic acids is 1. The van der Waals surface area contributed by atoms with Gasteiger partial charge in [-0.2, -0.15) is 0 Å². The van der Waals surface area contributed by atoms with E-state index in [1.54, 1.807) is 42.5 Å². The first-order chi connectivity index (χ1) is 9.97. The number of carbonyl (C=O) groups excluding carboxylic acids is 1. The van der Waals surface area contributed by atoms with Gasteiger partial charge in [-0.1, -0.05) is 23.7 Å². The van der Waals surface area contributed by atoms with Crippen LogP contribution in [-0.4, -0.2) is 23.5 Å². The number of hydrogen-bond acceptors (Lipinski definition) is 2. The van der Waals surface area contributed by atoms with Gasteiger partial charge in [-0.15, -0.1) is 0 Å². The first-order valence-corrected chi connectivity index (χ1v) is 7.48. The summed E-state index contributed by atoms with van der Waals surface area (Å²) in [4.78, 5) is 24.8. The lowest BCUT2D eigenvalue weighted by atomic mass is 10.2. The Labute approximate surface area is 140 Å². The first kappa shape index (κ1) is 15.8. The quantitative estimate of drug-likeness (QED) is 0.775. The zero-order valence-electron chi connectivity index (χ0n) is 10.8. The molecule has 0 bridgehead atoms. The molecular formula is C15H11ClINO3. The summed E-state index contributed by atoms with van der Waals surface area (Å²) in [6.07, 6.45) is 0. The van der Waals surface area contributed by atoms with E-state index in [1.165, 1.54) is 4.90 Å². The number of nitrogens with zero attached hydrogens (tertiary/aromatic N) is 1. The Morgan fingerprint density at radius 1 is 1.14 bits per heavy atom. The van der Waals surface area contributed by atoms with Gasteiger partial charge in [-0.25, -0.2) is 0 Å². The number of carbonyl (C=O) groups is 2. The smallest absolute Gasteiger partial charge is 0.323 e. The van der Waals surface area contributed by atoms with Crippen molar-refractivity contribution in [2.45, 2.75) is 0 Å². The molecule has 0 unspecified atom stereocenters. The van der Waals surface area contributed by atoms with E-state index in [0.717, 1.165) is 3.57 Å². The summed E-state index contributed by atoms with van der Waals surface area (Å²) < 4.78 is 0.903. The summed E-state index contributed by atoms with van der Waals surface area (Å²) >= 11 is 8.01. The number of halogens is 2. The van der Waals surface area contributed by atoms with Crippen LogP contribution in [0.25, 0.3) is 0 Å². The molecule has 2 aromatic carbocycles. The number of benzene rings is 2. The highest BCUT2D eigenvalue weighted by Crippen LogP contribution is 2.22. The summed E-state index contributed by atoms with van der Waals surface area (Å²) in [5, 5.41) is 9.48. The van der Waals surface area contributed by atoms with Gasteiger partial charge in [0.05, 0.1) is 0 Å². The van der Waals surface area contributed by atoms with Crippen LogP contribution in [-0.2, 0) is 4.79 Å². The van der Waals surface area contributed by atoms with Gasteiger partial charge in [-0.05, 0) is 59.0 Å². The molecule has 0 fully saturated rings. The molecule has 108 valence electrons. The Bertz CT molecular complexity index is 690. The number of amides is 1. The van der Waals surface area contributed by atoms with Gasteiger partial charge in [0.2, 0.25) is 0 Å². The molecule has 1 N–H and O–H groups in total. The summed E-state index contributed by atoms with van der Waals surface area (Å²) in [5.74, 6) is -1.47. The van der Waals surface area contributed by atoms with Crippen LogP contribution in [0.15, 0.2) is 48.5 Å². The van der Waals surface area contributed by atoms with Gasteiger partial charge in [-0.3, -0.25) is 14.5 Å². The molecule has 0 aliphatic rings. The largest absolute Gasteiger partial charge is 0.480 e. The summed E-state index contributed by atoms with van der Waals surface area (Å²) in [6.45, 7) is -0.426. The average molecular weight is 416 g/mol. The van der Waals surface area contributed by atoms with E-state index in [9.17, 15) is 9.59 Å². The highest BCUT2D eigenvalue weighted by molar-refractivity contribution is 14.1. The van der Waals surface area contributed by atoms with Crippen molar-refractivity contribution in [2.75, 3.05) is 11.4 Å². The zero-order chi connectivity index (χ0) is 15.4. The number of carboxylic acid groups (broad SMARTS) is 1. The molecule has 21 heavy (non-hydrogen) atoms. The molecule has 4 nitrogen and oxygen atoms in total. The molecule has 2 aromatic rings. The van der Waals surface area contributed by atoms with Gasteiger partial charge in [0, 0.05) is 19.8 Å². The Balaban J connectivity index is 2.40. The molecule has 2 rings (SSSR count). The van der Waals surface area contributed by atoms with Gasteiger partial charge >= 0.3 is 5.97 Å². The van der Waals surface area contributed by atoms with E-state index in [2.05, 4.69) is 22.6 Å². The third kappa shape index (κ3) is 4.18. The van der Waals surface area contributed by atoms with Crippen molar-refractivity contribution in [3.8, 4) is 0 Å². The van der Waals surface area contributed by atoms with Crippen LogP contribution in [0.5, 0.6) is 0 Å². The van der Waals surface area contributed by atoms with Crippen LogP contribution in [0.3, 0.4) is 0 Å². The maximum Gasteiger partial charge on any atom is 0.323 e. The predicted molar refractivity (Wildman–Crippen MR) is 89.9 cm³/mol. The fourth-order valence-corrected chi connectivity index (χ4v) is 2.56. The van der Waals surface area contributed by atoms with E-state index in [-0.39, 0.29) is 5.91 Å². The van der Waals surface area contributed by atoms with Crippen LogP contribution < -0.4 is 4.90 Å². The highest BCUT2D eigenvalue weighted by atomic mass is 127. The van der Waals surface area contributed by atoms with Gasteiger partial charge < -0.3 is 5.11 Å². The average Bonchev–Trinajstić information content (AvgIpc) is 2.44. The maximum absolute atomic E-state index is 12.6. The SMILES string of the molecule is O=C(O)CN(C(=O)c1cccc(I)c1)c1cccc(Cl)c1. The minimum atomic E-state index is -1.09. The fourth-order valence-electron chi connectivity index (χ4n) is 1.84. The molecule has 1 amide bonds. The Kier molecular flexibility index (Phi) is 5.19. The molecular weight excluding hydrogens is 405 g/mol. The first-order valence-electron chi connectivity index (χ1n) is 6.02. The van der Waals surface area contributed by atoms with Gasteiger partial charge in [0.1, 0.15) is 6.54 Å². The van der Waals surface area contributed by atoms with Crippen molar-refractivity contribution in [3.05, 3.63) is 62.7 Å². The molecule has 0 aliphatic heterocycles. The molecule has 0 saturated carbocycles. The third-order valence-corrected chi connectivity index (χ3v) is 3.64.